The molecule has 2 saturated heterocycles. The minimum absolute atomic E-state index is 0.0555. The van der Waals surface area contributed by atoms with Crippen molar-refractivity contribution < 1.29 is 28.9 Å². The zero-order chi connectivity index (χ0) is 20.9. The van der Waals surface area contributed by atoms with E-state index in [1.165, 1.54) is 6.92 Å². The van der Waals surface area contributed by atoms with Crippen LogP contribution in [0.5, 0.6) is 0 Å². The second kappa shape index (κ2) is 5.92. The number of ether oxygens (including phenoxy) is 3. The van der Waals surface area contributed by atoms with Crippen LogP contribution in [-0.4, -0.2) is 48.6 Å². The van der Waals surface area contributed by atoms with E-state index in [1.807, 2.05) is 0 Å². The van der Waals surface area contributed by atoms with Gasteiger partial charge in [-0.05, 0) is 42.6 Å². The zero-order valence-corrected chi connectivity index (χ0v) is 17.8. The van der Waals surface area contributed by atoms with Crippen molar-refractivity contribution in [1.29, 1.82) is 0 Å². The minimum atomic E-state index is -1.08. The number of ketones is 1. The van der Waals surface area contributed by atoms with Crippen LogP contribution >= 0.6 is 0 Å². The Morgan fingerprint density at radius 3 is 2.66 bits per heavy atom. The molecule has 4 bridgehead atoms. The third kappa shape index (κ3) is 2.08. The molecule has 1 unspecified atom stereocenters. The Morgan fingerprint density at radius 1 is 1.28 bits per heavy atom. The van der Waals surface area contributed by atoms with Crippen LogP contribution in [0.4, 0.5) is 0 Å². The topological polar surface area (TPSA) is 82.1 Å². The number of Topliss-reactive ketones (excluding diaryl/α,β-unsaturated/α-hetero) is 1. The Hall–Kier alpha value is -1.24. The van der Waals surface area contributed by atoms with Gasteiger partial charge in [0, 0.05) is 31.3 Å². The van der Waals surface area contributed by atoms with Gasteiger partial charge < -0.3 is 19.3 Å². The van der Waals surface area contributed by atoms with Gasteiger partial charge in [0.15, 0.2) is 12.1 Å². The van der Waals surface area contributed by atoms with E-state index in [1.54, 1.807) is 7.11 Å². The van der Waals surface area contributed by atoms with Gasteiger partial charge in [0.25, 0.3) is 0 Å². The van der Waals surface area contributed by atoms with Crippen LogP contribution in [0.25, 0.3) is 0 Å². The smallest absolute Gasteiger partial charge is 0.302 e. The van der Waals surface area contributed by atoms with Gasteiger partial charge in [0.1, 0.15) is 6.10 Å². The summed E-state index contributed by atoms with van der Waals surface area (Å²) in [5.41, 5.74) is -1.04. The van der Waals surface area contributed by atoms with Crippen molar-refractivity contribution >= 4 is 11.8 Å². The molecular weight excluding hydrogens is 372 g/mol. The van der Waals surface area contributed by atoms with Crippen molar-refractivity contribution in [2.75, 3.05) is 7.11 Å². The summed E-state index contributed by atoms with van der Waals surface area (Å²) in [7, 11) is 1.66. The fraction of sp³-hybridized carbons (Fsp3) is 0.826. The SMILES string of the molecule is C=C1C(=O)[C@@]23C4C[C@@H]5C(C)(C)CCC[C@]5([C@H](OC)O4)[C@@H]2[C@@H](OC(C)=O)C[C@@H]1[C@H]3O. The number of hydrogen-bond donors (Lipinski definition) is 1. The fourth-order valence-electron chi connectivity index (χ4n) is 8.45. The molecular formula is C23H32O6. The van der Waals surface area contributed by atoms with Crippen LogP contribution < -0.4 is 0 Å². The lowest BCUT2D eigenvalue weighted by atomic mass is 9.37. The number of carbonyl (C=O) groups is 2. The molecule has 160 valence electrons. The van der Waals surface area contributed by atoms with Crippen LogP contribution in [-0.2, 0) is 23.8 Å². The van der Waals surface area contributed by atoms with E-state index < -0.39 is 35.4 Å². The molecule has 6 heteroatoms. The van der Waals surface area contributed by atoms with Crippen LogP contribution in [0.3, 0.4) is 0 Å². The zero-order valence-electron chi connectivity index (χ0n) is 17.8. The first kappa shape index (κ1) is 19.7. The lowest BCUT2D eigenvalue weighted by molar-refractivity contribution is -0.398. The number of hydrogen-bond acceptors (Lipinski definition) is 6. The molecule has 2 aliphatic heterocycles. The third-order valence-corrected chi connectivity index (χ3v) is 9.22. The summed E-state index contributed by atoms with van der Waals surface area (Å²) in [5.74, 6) is -0.863. The summed E-state index contributed by atoms with van der Waals surface area (Å²) in [5, 5.41) is 11.4. The van der Waals surface area contributed by atoms with E-state index in [9.17, 15) is 14.7 Å². The fourth-order valence-corrected chi connectivity index (χ4v) is 8.45. The predicted molar refractivity (Wildman–Crippen MR) is 104 cm³/mol. The minimum Gasteiger partial charge on any atom is -0.462 e. The van der Waals surface area contributed by atoms with Gasteiger partial charge in [-0.15, -0.1) is 0 Å². The number of aliphatic hydroxyl groups excluding tert-OH is 1. The molecule has 0 aromatic rings. The Balaban J connectivity index is 1.76. The monoisotopic (exact) mass is 404 g/mol. The Labute approximate surface area is 172 Å². The molecule has 0 aromatic heterocycles. The molecule has 0 radical (unpaired) electrons. The molecule has 4 aliphatic carbocycles. The predicted octanol–water partition coefficient (Wildman–Crippen LogP) is 2.63. The molecule has 1 N–H and O–H groups in total. The maximum absolute atomic E-state index is 13.7. The van der Waals surface area contributed by atoms with Gasteiger partial charge in [0.2, 0.25) is 0 Å². The van der Waals surface area contributed by atoms with Crippen molar-refractivity contribution in [3.63, 3.8) is 0 Å². The van der Waals surface area contributed by atoms with E-state index in [0.29, 0.717) is 12.0 Å². The summed E-state index contributed by atoms with van der Waals surface area (Å²) < 4.78 is 18.2. The van der Waals surface area contributed by atoms with Crippen LogP contribution in [0.15, 0.2) is 12.2 Å². The van der Waals surface area contributed by atoms with Crippen molar-refractivity contribution in [2.45, 2.75) is 77.5 Å². The molecule has 4 saturated carbocycles. The summed E-state index contributed by atoms with van der Waals surface area (Å²) >= 11 is 0. The molecule has 9 atom stereocenters. The van der Waals surface area contributed by atoms with Gasteiger partial charge in [0.05, 0.1) is 17.6 Å². The highest BCUT2D eigenvalue weighted by Gasteiger charge is 2.82. The van der Waals surface area contributed by atoms with Crippen LogP contribution in [0, 0.1) is 34.0 Å². The first-order chi connectivity index (χ1) is 13.6. The van der Waals surface area contributed by atoms with E-state index >= 15 is 0 Å². The number of methoxy groups -OCH3 is 1. The van der Waals surface area contributed by atoms with Crippen molar-refractivity contribution in [3.8, 4) is 0 Å². The Kier molecular flexibility index (Phi) is 4.02. The van der Waals surface area contributed by atoms with Crippen molar-refractivity contribution in [3.05, 3.63) is 12.2 Å². The maximum atomic E-state index is 13.7. The second-order valence-corrected chi connectivity index (χ2v) is 10.6. The number of carbonyl (C=O) groups excluding carboxylic acids is 2. The third-order valence-electron chi connectivity index (χ3n) is 9.22. The first-order valence-electron chi connectivity index (χ1n) is 10.9. The van der Waals surface area contributed by atoms with Gasteiger partial charge in [-0.2, -0.15) is 0 Å². The molecule has 6 fully saturated rings. The van der Waals surface area contributed by atoms with Crippen molar-refractivity contribution in [1.82, 2.24) is 0 Å². The molecule has 6 nitrogen and oxygen atoms in total. The van der Waals surface area contributed by atoms with Gasteiger partial charge in [-0.3, -0.25) is 9.59 Å². The highest BCUT2D eigenvalue weighted by Crippen LogP contribution is 2.75. The van der Waals surface area contributed by atoms with E-state index in [4.69, 9.17) is 14.2 Å². The summed E-state index contributed by atoms with van der Waals surface area (Å²) in [6.45, 7) is 10.0. The van der Waals surface area contributed by atoms with Crippen molar-refractivity contribution in [2.24, 2.45) is 34.0 Å². The van der Waals surface area contributed by atoms with E-state index in [-0.39, 0.29) is 34.9 Å². The Bertz CT molecular complexity index is 788. The molecule has 2 spiro atoms. The molecule has 0 aromatic carbocycles. The molecule has 6 aliphatic rings. The number of aliphatic hydroxyl groups is 1. The van der Waals surface area contributed by atoms with E-state index in [0.717, 1.165) is 25.7 Å². The van der Waals surface area contributed by atoms with E-state index in [2.05, 4.69) is 20.4 Å². The largest absolute Gasteiger partial charge is 0.462 e. The molecule has 0 amide bonds. The average Bonchev–Trinajstić information content (AvgIpc) is 2.77. The lowest BCUT2D eigenvalue weighted by Gasteiger charge is -2.72. The summed E-state index contributed by atoms with van der Waals surface area (Å²) in [6, 6.07) is 0. The summed E-state index contributed by atoms with van der Waals surface area (Å²) in [6.07, 6.45) is 1.89. The summed E-state index contributed by atoms with van der Waals surface area (Å²) in [4.78, 5) is 25.7. The quantitative estimate of drug-likeness (QED) is 0.563. The standard InChI is InChI=1S/C23H32O6/c1-11-13-9-14(28-12(2)24)17-22-8-6-7-21(3,4)15(22)10-16(29-20(22)27-5)23(17,18(11)25)19(13)26/h13-17,19-20,26H,1,6-10H2,2-5H3/t13-,14-,15+,16?,17-,19+,20+,22+,23+/m0/s1. The van der Waals surface area contributed by atoms with Gasteiger partial charge >= 0.3 is 5.97 Å². The number of rotatable bonds is 2. The van der Waals surface area contributed by atoms with Gasteiger partial charge in [-0.25, -0.2) is 0 Å². The molecule has 2 heterocycles. The van der Waals surface area contributed by atoms with Crippen LogP contribution in [0.2, 0.25) is 0 Å². The Morgan fingerprint density at radius 2 is 2.00 bits per heavy atom. The highest BCUT2D eigenvalue weighted by atomic mass is 16.7. The number of esters is 1. The maximum Gasteiger partial charge on any atom is 0.302 e. The average molecular weight is 405 g/mol. The second-order valence-electron chi connectivity index (χ2n) is 10.6. The highest BCUT2D eigenvalue weighted by molar-refractivity contribution is 6.04. The molecule has 29 heavy (non-hydrogen) atoms. The van der Waals surface area contributed by atoms with Crippen LogP contribution in [0.1, 0.15) is 52.9 Å². The number of fused-ring (bicyclic) bond motifs is 2. The molecule has 6 rings (SSSR count). The lowest BCUT2D eigenvalue weighted by Crippen LogP contribution is -2.78. The normalized spacial score (nSPS) is 52.1. The first-order valence-corrected chi connectivity index (χ1v) is 10.9. The van der Waals surface area contributed by atoms with Gasteiger partial charge in [-0.1, -0.05) is 26.8 Å².